The van der Waals surface area contributed by atoms with Gasteiger partial charge in [-0.1, -0.05) is 49.6 Å². The smallest absolute Gasteiger partial charge is 0.205 e. The molecule has 1 fully saturated rings. The molecule has 0 saturated heterocycles. The van der Waals surface area contributed by atoms with Gasteiger partial charge >= 0.3 is 0 Å². The Kier molecular flexibility index (Phi) is 4.54. The SMILES string of the molecule is N#Cc1c(N)nc2sc(C(=O)c3ccccc3)c(N)c2c1C1CCCCC1. The van der Waals surface area contributed by atoms with Crippen molar-refractivity contribution in [1.82, 2.24) is 4.98 Å². The van der Waals surface area contributed by atoms with Gasteiger partial charge in [0, 0.05) is 10.9 Å². The van der Waals surface area contributed by atoms with Crippen molar-refractivity contribution < 1.29 is 4.79 Å². The van der Waals surface area contributed by atoms with Gasteiger partial charge in [-0.05, 0) is 24.3 Å². The van der Waals surface area contributed by atoms with E-state index in [2.05, 4.69) is 11.1 Å². The normalized spacial score (nSPS) is 14.9. The summed E-state index contributed by atoms with van der Waals surface area (Å²) in [7, 11) is 0. The second-order valence-corrected chi connectivity index (χ2v) is 7.95. The van der Waals surface area contributed by atoms with Crippen molar-refractivity contribution in [2.45, 2.75) is 38.0 Å². The Labute approximate surface area is 161 Å². The highest BCUT2D eigenvalue weighted by Gasteiger charge is 2.28. The van der Waals surface area contributed by atoms with E-state index >= 15 is 0 Å². The minimum absolute atomic E-state index is 0.122. The van der Waals surface area contributed by atoms with E-state index in [-0.39, 0.29) is 17.5 Å². The summed E-state index contributed by atoms with van der Waals surface area (Å²) < 4.78 is 0. The number of anilines is 2. The van der Waals surface area contributed by atoms with Crippen molar-refractivity contribution in [2.75, 3.05) is 11.5 Å². The Balaban J connectivity index is 1.94. The molecular weight excluding hydrogens is 356 g/mol. The molecule has 6 heteroatoms. The van der Waals surface area contributed by atoms with Gasteiger partial charge in [0.1, 0.15) is 21.6 Å². The van der Waals surface area contributed by atoms with Gasteiger partial charge in [0.15, 0.2) is 0 Å². The number of nitrogen functional groups attached to an aromatic ring is 2. The van der Waals surface area contributed by atoms with Crippen LogP contribution in [0.15, 0.2) is 30.3 Å². The average Bonchev–Trinajstić information content (AvgIpc) is 3.03. The average molecular weight is 376 g/mol. The van der Waals surface area contributed by atoms with Crippen LogP contribution in [-0.2, 0) is 0 Å². The molecule has 2 heterocycles. The number of aromatic nitrogens is 1. The van der Waals surface area contributed by atoms with Crippen molar-refractivity contribution in [3.05, 3.63) is 51.9 Å². The number of pyridine rings is 1. The Bertz CT molecular complexity index is 1060. The van der Waals surface area contributed by atoms with Crippen LogP contribution in [0.25, 0.3) is 10.2 Å². The van der Waals surface area contributed by atoms with Crippen LogP contribution in [0.3, 0.4) is 0 Å². The number of ketones is 1. The van der Waals surface area contributed by atoms with E-state index in [1.54, 1.807) is 12.1 Å². The molecule has 0 radical (unpaired) electrons. The molecule has 1 aliphatic rings. The van der Waals surface area contributed by atoms with Crippen molar-refractivity contribution in [3.63, 3.8) is 0 Å². The number of thiophene rings is 1. The standard InChI is InChI=1S/C21H20N4OS/c22-11-14-15(12-7-3-1-4-8-12)16-17(23)19(27-21(16)25-20(14)24)18(26)13-9-5-2-6-10-13/h2,5-6,9-10,12H,1,3-4,7-8,23H2,(H2,24,25). The van der Waals surface area contributed by atoms with Crippen molar-refractivity contribution in [2.24, 2.45) is 0 Å². The van der Waals surface area contributed by atoms with Crippen molar-refractivity contribution in [3.8, 4) is 6.07 Å². The summed E-state index contributed by atoms with van der Waals surface area (Å²) in [5.41, 5.74) is 14.9. The number of nitriles is 1. The first-order chi connectivity index (χ1) is 13.1. The minimum atomic E-state index is -0.122. The second kappa shape index (κ2) is 7.01. The van der Waals surface area contributed by atoms with Gasteiger partial charge in [-0.2, -0.15) is 5.26 Å². The van der Waals surface area contributed by atoms with E-state index in [1.165, 1.54) is 17.8 Å². The van der Waals surface area contributed by atoms with Crippen molar-refractivity contribution >= 4 is 38.8 Å². The first kappa shape index (κ1) is 17.5. The number of nitrogens with two attached hydrogens (primary N) is 2. The molecule has 4 N–H and O–H groups in total. The number of nitrogens with zero attached hydrogens (tertiary/aromatic N) is 2. The fourth-order valence-corrected chi connectivity index (χ4v) is 5.09. The van der Waals surface area contributed by atoms with Gasteiger partial charge in [-0.25, -0.2) is 4.98 Å². The highest BCUT2D eigenvalue weighted by atomic mass is 32.1. The lowest BCUT2D eigenvalue weighted by molar-refractivity contribution is 0.104. The quantitative estimate of drug-likeness (QED) is 0.649. The van der Waals surface area contributed by atoms with Crippen LogP contribution in [0.1, 0.15) is 64.4 Å². The van der Waals surface area contributed by atoms with Crippen molar-refractivity contribution in [1.29, 1.82) is 5.26 Å². The molecule has 1 saturated carbocycles. The third kappa shape index (κ3) is 2.94. The predicted octanol–water partition coefficient (Wildman–Crippen LogP) is 4.61. The number of carbonyl (C=O) groups excluding carboxylic acids is 1. The summed E-state index contributed by atoms with van der Waals surface area (Å²) in [6.07, 6.45) is 5.46. The zero-order valence-electron chi connectivity index (χ0n) is 14.9. The van der Waals surface area contributed by atoms with E-state index < -0.39 is 0 Å². The highest BCUT2D eigenvalue weighted by molar-refractivity contribution is 7.21. The largest absolute Gasteiger partial charge is 0.397 e. The van der Waals surface area contributed by atoms with Crippen LogP contribution in [-0.4, -0.2) is 10.8 Å². The molecular formula is C21H20N4OS. The third-order valence-corrected chi connectivity index (χ3v) is 6.41. The maximum Gasteiger partial charge on any atom is 0.205 e. The van der Waals surface area contributed by atoms with Crippen LogP contribution >= 0.6 is 11.3 Å². The van der Waals surface area contributed by atoms with Crippen LogP contribution < -0.4 is 11.5 Å². The molecule has 136 valence electrons. The first-order valence-corrected chi connectivity index (χ1v) is 9.94. The summed E-state index contributed by atoms with van der Waals surface area (Å²) in [5.74, 6) is 0.339. The van der Waals surface area contributed by atoms with E-state index in [9.17, 15) is 10.1 Å². The molecule has 1 aromatic carbocycles. The molecule has 0 amide bonds. The first-order valence-electron chi connectivity index (χ1n) is 9.13. The maximum atomic E-state index is 13.0. The summed E-state index contributed by atoms with van der Waals surface area (Å²) in [6.45, 7) is 0. The fraction of sp³-hybridized carbons (Fsp3) is 0.286. The fourth-order valence-electron chi connectivity index (χ4n) is 4.01. The van der Waals surface area contributed by atoms with Gasteiger partial charge < -0.3 is 11.5 Å². The van der Waals surface area contributed by atoms with Gasteiger partial charge in [0.2, 0.25) is 5.78 Å². The Morgan fingerprint density at radius 2 is 1.85 bits per heavy atom. The molecule has 3 aromatic rings. The van der Waals surface area contributed by atoms with Crippen LogP contribution in [0.4, 0.5) is 11.5 Å². The second-order valence-electron chi connectivity index (χ2n) is 6.95. The zero-order chi connectivity index (χ0) is 19.0. The predicted molar refractivity (Wildman–Crippen MR) is 109 cm³/mol. The topological polar surface area (TPSA) is 106 Å². The number of benzene rings is 1. The van der Waals surface area contributed by atoms with Crippen LogP contribution in [0.5, 0.6) is 0 Å². The summed E-state index contributed by atoms with van der Waals surface area (Å²) in [4.78, 5) is 18.5. The monoisotopic (exact) mass is 376 g/mol. The van der Waals surface area contributed by atoms with E-state index in [0.717, 1.165) is 36.6 Å². The third-order valence-electron chi connectivity index (χ3n) is 5.31. The molecule has 0 spiro atoms. The minimum Gasteiger partial charge on any atom is -0.397 e. The Morgan fingerprint density at radius 3 is 2.52 bits per heavy atom. The zero-order valence-corrected chi connectivity index (χ0v) is 15.7. The number of hydrogen-bond acceptors (Lipinski definition) is 6. The number of hydrogen-bond donors (Lipinski definition) is 2. The maximum absolute atomic E-state index is 13.0. The molecule has 2 aromatic heterocycles. The number of fused-ring (bicyclic) bond motifs is 1. The molecule has 0 aliphatic heterocycles. The molecule has 0 bridgehead atoms. The van der Waals surface area contributed by atoms with E-state index in [0.29, 0.717) is 26.5 Å². The van der Waals surface area contributed by atoms with Gasteiger partial charge in [-0.15, -0.1) is 11.3 Å². The highest BCUT2D eigenvalue weighted by Crippen LogP contribution is 2.45. The van der Waals surface area contributed by atoms with Gasteiger partial charge in [0.25, 0.3) is 0 Å². The van der Waals surface area contributed by atoms with Gasteiger partial charge in [0.05, 0.1) is 11.3 Å². The molecule has 1 aliphatic carbocycles. The molecule has 4 rings (SSSR count). The Morgan fingerprint density at radius 1 is 1.15 bits per heavy atom. The molecule has 27 heavy (non-hydrogen) atoms. The lowest BCUT2D eigenvalue weighted by Crippen LogP contribution is -2.10. The molecule has 0 unspecified atom stereocenters. The summed E-state index contributed by atoms with van der Waals surface area (Å²) >= 11 is 1.26. The van der Waals surface area contributed by atoms with E-state index in [1.807, 2.05) is 18.2 Å². The van der Waals surface area contributed by atoms with Crippen LogP contribution in [0, 0.1) is 11.3 Å². The molecule has 5 nitrogen and oxygen atoms in total. The molecule has 0 atom stereocenters. The van der Waals surface area contributed by atoms with Crippen LogP contribution in [0.2, 0.25) is 0 Å². The lowest BCUT2D eigenvalue weighted by Gasteiger charge is -2.24. The Hall–Kier alpha value is -2.91. The van der Waals surface area contributed by atoms with Gasteiger partial charge in [-0.3, -0.25) is 4.79 Å². The number of carbonyl (C=O) groups is 1. The summed E-state index contributed by atoms with van der Waals surface area (Å²) in [5, 5.41) is 10.4. The lowest BCUT2D eigenvalue weighted by atomic mass is 9.81. The van der Waals surface area contributed by atoms with E-state index in [4.69, 9.17) is 11.5 Å². The summed E-state index contributed by atoms with van der Waals surface area (Å²) in [6, 6.07) is 11.3. The number of rotatable bonds is 3.